The minimum Gasteiger partial charge on any atom is -0.367 e. The highest BCUT2D eigenvalue weighted by Crippen LogP contribution is 2.15. The summed E-state index contributed by atoms with van der Waals surface area (Å²) in [5, 5.41) is 6.23. The summed E-state index contributed by atoms with van der Waals surface area (Å²) in [4.78, 5) is 22.4. The van der Waals surface area contributed by atoms with Gasteiger partial charge in [0.1, 0.15) is 11.6 Å². The van der Waals surface area contributed by atoms with Gasteiger partial charge in [-0.2, -0.15) is 0 Å². The van der Waals surface area contributed by atoms with E-state index >= 15 is 0 Å². The third kappa shape index (κ3) is 3.72. The number of nitrogens with one attached hydrogen (secondary N) is 2. The highest BCUT2D eigenvalue weighted by atomic mass is 16.2. The predicted molar refractivity (Wildman–Crippen MR) is 85.7 cm³/mol. The van der Waals surface area contributed by atoms with E-state index in [1.54, 1.807) is 18.5 Å². The number of hydrogen-bond donors (Lipinski definition) is 2. The predicted octanol–water partition coefficient (Wildman–Crippen LogP) is 2.59. The van der Waals surface area contributed by atoms with Crippen molar-refractivity contribution < 1.29 is 4.79 Å². The number of rotatable bonds is 3. The number of piperidine rings is 1. The largest absolute Gasteiger partial charge is 0.367 e. The molecule has 22 heavy (non-hydrogen) atoms. The maximum atomic E-state index is 12.2. The van der Waals surface area contributed by atoms with E-state index in [1.165, 1.54) is 0 Å². The molecule has 3 heterocycles. The van der Waals surface area contributed by atoms with E-state index in [1.807, 2.05) is 35.2 Å². The van der Waals surface area contributed by atoms with Crippen LogP contribution in [-0.2, 0) is 0 Å². The first-order chi connectivity index (χ1) is 10.8. The van der Waals surface area contributed by atoms with Gasteiger partial charge in [0.15, 0.2) is 0 Å². The highest BCUT2D eigenvalue weighted by molar-refractivity contribution is 5.88. The second-order valence-corrected chi connectivity index (χ2v) is 5.27. The van der Waals surface area contributed by atoms with E-state index in [0.717, 1.165) is 31.7 Å². The lowest BCUT2D eigenvalue weighted by Gasteiger charge is -2.32. The molecule has 2 amide bonds. The Kier molecular flexibility index (Phi) is 4.48. The summed E-state index contributed by atoms with van der Waals surface area (Å²) in [5.41, 5.74) is 0. The van der Waals surface area contributed by atoms with Gasteiger partial charge in [0, 0.05) is 31.5 Å². The number of aromatic nitrogens is 2. The molecule has 3 rings (SSSR count). The molecule has 0 radical (unpaired) electrons. The van der Waals surface area contributed by atoms with Crippen LogP contribution in [0.2, 0.25) is 0 Å². The van der Waals surface area contributed by atoms with Gasteiger partial charge in [-0.3, -0.25) is 5.32 Å². The molecule has 1 saturated heterocycles. The Balaban J connectivity index is 1.48. The molecule has 6 heteroatoms. The van der Waals surface area contributed by atoms with Crippen molar-refractivity contribution in [3.8, 4) is 0 Å². The van der Waals surface area contributed by atoms with Crippen LogP contribution < -0.4 is 10.6 Å². The number of urea groups is 1. The Morgan fingerprint density at radius 1 is 1.00 bits per heavy atom. The maximum Gasteiger partial charge on any atom is 0.323 e. The SMILES string of the molecule is O=C(Nc1ccccn1)N1CCC(Nc2ccccn2)CC1. The topological polar surface area (TPSA) is 70.2 Å². The Morgan fingerprint density at radius 2 is 1.64 bits per heavy atom. The molecule has 0 saturated carbocycles. The lowest BCUT2D eigenvalue weighted by Crippen LogP contribution is -2.44. The van der Waals surface area contributed by atoms with Crippen LogP contribution in [0, 0.1) is 0 Å². The van der Waals surface area contributed by atoms with Crippen LogP contribution >= 0.6 is 0 Å². The molecule has 1 fully saturated rings. The number of nitrogens with zero attached hydrogens (tertiary/aromatic N) is 3. The fraction of sp³-hybridized carbons (Fsp3) is 0.312. The molecule has 0 unspecified atom stereocenters. The highest BCUT2D eigenvalue weighted by Gasteiger charge is 2.23. The van der Waals surface area contributed by atoms with Crippen molar-refractivity contribution in [1.29, 1.82) is 0 Å². The summed E-state index contributed by atoms with van der Waals surface area (Å²) in [6.07, 6.45) is 5.26. The number of amides is 2. The van der Waals surface area contributed by atoms with Crippen LogP contribution in [0.1, 0.15) is 12.8 Å². The van der Waals surface area contributed by atoms with Gasteiger partial charge in [-0.1, -0.05) is 12.1 Å². The lowest BCUT2D eigenvalue weighted by atomic mass is 10.1. The van der Waals surface area contributed by atoms with Gasteiger partial charge >= 0.3 is 6.03 Å². The van der Waals surface area contributed by atoms with Gasteiger partial charge in [0.25, 0.3) is 0 Å². The average molecular weight is 297 g/mol. The van der Waals surface area contributed by atoms with E-state index in [2.05, 4.69) is 20.6 Å². The Hall–Kier alpha value is -2.63. The Bertz CT molecular complexity index is 596. The molecule has 2 aromatic rings. The van der Waals surface area contributed by atoms with Gasteiger partial charge in [0.05, 0.1) is 0 Å². The standard InChI is InChI=1S/C16H19N5O/c22-16(20-15-6-2-4-10-18-15)21-11-7-13(8-12-21)19-14-5-1-3-9-17-14/h1-6,9-10,13H,7-8,11-12H2,(H,17,19)(H,18,20,22). The van der Waals surface area contributed by atoms with Crippen molar-refractivity contribution in [2.24, 2.45) is 0 Å². The fourth-order valence-corrected chi connectivity index (χ4v) is 2.51. The van der Waals surface area contributed by atoms with Crippen molar-refractivity contribution >= 4 is 17.7 Å². The summed E-state index contributed by atoms with van der Waals surface area (Å²) in [5.74, 6) is 1.47. The first-order valence-corrected chi connectivity index (χ1v) is 7.46. The number of pyridine rings is 2. The first kappa shape index (κ1) is 14.3. The van der Waals surface area contributed by atoms with E-state index in [0.29, 0.717) is 11.9 Å². The van der Waals surface area contributed by atoms with Crippen LogP contribution in [0.4, 0.5) is 16.4 Å². The molecule has 2 aromatic heterocycles. The van der Waals surface area contributed by atoms with Crippen LogP contribution in [0.25, 0.3) is 0 Å². The Morgan fingerprint density at radius 3 is 2.23 bits per heavy atom. The van der Waals surface area contributed by atoms with E-state index in [9.17, 15) is 4.79 Å². The van der Waals surface area contributed by atoms with Crippen LogP contribution in [0.5, 0.6) is 0 Å². The normalized spacial score (nSPS) is 15.4. The zero-order chi connectivity index (χ0) is 15.2. The number of likely N-dealkylation sites (tertiary alicyclic amines) is 1. The number of carbonyl (C=O) groups is 1. The van der Waals surface area contributed by atoms with Crippen molar-refractivity contribution in [3.05, 3.63) is 48.8 Å². The fourth-order valence-electron chi connectivity index (χ4n) is 2.51. The summed E-state index contributed by atoms with van der Waals surface area (Å²) in [6.45, 7) is 1.45. The molecule has 0 atom stereocenters. The van der Waals surface area contributed by atoms with Gasteiger partial charge in [0.2, 0.25) is 0 Å². The molecular formula is C16H19N5O. The van der Waals surface area contributed by atoms with E-state index in [-0.39, 0.29) is 6.03 Å². The number of hydrogen-bond acceptors (Lipinski definition) is 4. The maximum absolute atomic E-state index is 12.2. The zero-order valence-corrected chi connectivity index (χ0v) is 12.3. The summed E-state index contributed by atoms with van der Waals surface area (Å²) >= 11 is 0. The molecule has 0 spiro atoms. The molecule has 0 aliphatic carbocycles. The quantitative estimate of drug-likeness (QED) is 0.913. The van der Waals surface area contributed by atoms with E-state index < -0.39 is 0 Å². The number of carbonyl (C=O) groups excluding carboxylic acids is 1. The van der Waals surface area contributed by atoms with Gasteiger partial charge in [-0.15, -0.1) is 0 Å². The van der Waals surface area contributed by atoms with Crippen molar-refractivity contribution in [2.75, 3.05) is 23.7 Å². The van der Waals surface area contributed by atoms with Gasteiger partial charge in [-0.25, -0.2) is 14.8 Å². The molecule has 0 bridgehead atoms. The summed E-state index contributed by atoms with van der Waals surface area (Å²) in [7, 11) is 0. The number of anilines is 2. The first-order valence-electron chi connectivity index (χ1n) is 7.46. The molecule has 1 aliphatic rings. The minimum absolute atomic E-state index is 0.0880. The van der Waals surface area contributed by atoms with Gasteiger partial charge < -0.3 is 10.2 Å². The molecule has 2 N–H and O–H groups in total. The third-order valence-corrected chi connectivity index (χ3v) is 3.70. The molecular weight excluding hydrogens is 278 g/mol. The minimum atomic E-state index is -0.0880. The second kappa shape index (κ2) is 6.89. The molecule has 114 valence electrons. The van der Waals surface area contributed by atoms with Crippen LogP contribution in [-0.4, -0.2) is 40.0 Å². The summed E-state index contributed by atoms with van der Waals surface area (Å²) in [6, 6.07) is 11.5. The third-order valence-electron chi connectivity index (χ3n) is 3.70. The smallest absolute Gasteiger partial charge is 0.323 e. The molecule has 1 aliphatic heterocycles. The van der Waals surface area contributed by atoms with E-state index in [4.69, 9.17) is 0 Å². The molecule has 0 aromatic carbocycles. The summed E-state index contributed by atoms with van der Waals surface area (Å²) < 4.78 is 0. The van der Waals surface area contributed by atoms with Crippen molar-refractivity contribution in [3.63, 3.8) is 0 Å². The monoisotopic (exact) mass is 297 g/mol. The molecule has 6 nitrogen and oxygen atoms in total. The van der Waals surface area contributed by atoms with Gasteiger partial charge in [-0.05, 0) is 37.1 Å². The average Bonchev–Trinajstić information content (AvgIpc) is 2.57. The van der Waals surface area contributed by atoms with Crippen molar-refractivity contribution in [1.82, 2.24) is 14.9 Å². The van der Waals surface area contributed by atoms with Crippen molar-refractivity contribution in [2.45, 2.75) is 18.9 Å². The van der Waals surface area contributed by atoms with Crippen LogP contribution in [0.15, 0.2) is 48.8 Å². The Labute approximate surface area is 129 Å². The second-order valence-electron chi connectivity index (χ2n) is 5.27. The zero-order valence-electron chi connectivity index (χ0n) is 12.3. The lowest BCUT2D eigenvalue weighted by molar-refractivity contribution is 0.197. The van der Waals surface area contributed by atoms with Crippen LogP contribution in [0.3, 0.4) is 0 Å².